The second-order valence-corrected chi connectivity index (χ2v) is 6.21. The predicted octanol–water partition coefficient (Wildman–Crippen LogP) is 5.17. The number of aromatic nitrogens is 2. The molecule has 3 heteroatoms. The van der Waals surface area contributed by atoms with E-state index in [-0.39, 0.29) is 0 Å². The number of hydrogen-bond acceptors (Lipinski definition) is 2. The van der Waals surface area contributed by atoms with Crippen LogP contribution < -0.4 is 5.73 Å². The van der Waals surface area contributed by atoms with Gasteiger partial charge in [-0.25, -0.2) is 4.98 Å². The molecule has 0 aliphatic heterocycles. The van der Waals surface area contributed by atoms with Crippen LogP contribution in [0, 0.1) is 6.92 Å². The third-order valence-electron chi connectivity index (χ3n) is 4.43. The maximum absolute atomic E-state index is 6.10. The third kappa shape index (κ3) is 3.24. The lowest BCUT2D eigenvalue weighted by Crippen LogP contribution is -2.01. The van der Waals surface area contributed by atoms with Crippen molar-refractivity contribution < 1.29 is 0 Å². The van der Waals surface area contributed by atoms with Crippen molar-refractivity contribution in [1.82, 2.24) is 9.55 Å². The summed E-state index contributed by atoms with van der Waals surface area (Å²) in [5.41, 5.74) is 11.4. The fourth-order valence-electron chi connectivity index (χ4n) is 3.00. The first-order valence-corrected chi connectivity index (χ1v) is 8.52. The molecule has 3 aromatic rings. The van der Waals surface area contributed by atoms with Gasteiger partial charge in [-0.15, -0.1) is 0 Å². The van der Waals surface area contributed by atoms with E-state index in [9.17, 15) is 0 Å². The van der Waals surface area contributed by atoms with E-state index in [0.717, 1.165) is 34.7 Å². The van der Waals surface area contributed by atoms with Crippen molar-refractivity contribution in [3.05, 3.63) is 48.0 Å². The van der Waals surface area contributed by atoms with Crippen LogP contribution in [0.25, 0.3) is 22.4 Å². The van der Waals surface area contributed by atoms with Gasteiger partial charge in [0.15, 0.2) is 0 Å². The molecule has 2 N–H and O–H groups in total. The number of unbranched alkanes of at least 4 members (excludes halogenated alkanes) is 3. The van der Waals surface area contributed by atoms with E-state index in [2.05, 4.69) is 41.8 Å². The minimum Gasteiger partial charge on any atom is -0.398 e. The largest absolute Gasteiger partial charge is 0.398 e. The number of rotatable bonds is 6. The first-order chi connectivity index (χ1) is 11.2. The van der Waals surface area contributed by atoms with E-state index in [1.54, 1.807) is 0 Å². The molecule has 0 saturated heterocycles. The molecule has 0 radical (unpaired) electrons. The molecule has 0 atom stereocenters. The Morgan fingerprint density at radius 2 is 1.87 bits per heavy atom. The van der Waals surface area contributed by atoms with Crippen LogP contribution in [0.1, 0.15) is 38.2 Å². The summed E-state index contributed by atoms with van der Waals surface area (Å²) in [5.74, 6) is 1.02. The molecule has 0 fully saturated rings. The normalized spacial score (nSPS) is 11.2. The number of hydrogen-bond donors (Lipinski definition) is 1. The van der Waals surface area contributed by atoms with Gasteiger partial charge in [-0.3, -0.25) is 0 Å². The van der Waals surface area contributed by atoms with Crippen molar-refractivity contribution in [2.75, 3.05) is 5.73 Å². The summed E-state index contributed by atoms with van der Waals surface area (Å²) in [7, 11) is 0. The van der Waals surface area contributed by atoms with Gasteiger partial charge in [0.1, 0.15) is 5.82 Å². The minimum atomic E-state index is 0.826. The lowest BCUT2D eigenvalue weighted by atomic mass is 10.1. The maximum Gasteiger partial charge on any atom is 0.141 e. The average Bonchev–Trinajstić information content (AvgIpc) is 2.93. The van der Waals surface area contributed by atoms with Gasteiger partial charge in [-0.1, -0.05) is 50.5 Å². The highest BCUT2D eigenvalue weighted by Crippen LogP contribution is 2.27. The van der Waals surface area contributed by atoms with Crippen LogP contribution >= 0.6 is 0 Å². The Morgan fingerprint density at radius 1 is 1.04 bits per heavy atom. The zero-order valence-electron chi connectivity index (χ0n) is 14.0. The highest BCUT2D eigenvalue weighted by molar-refractivity contribution is 5.81. The summed E-state index contributed by atoms with van der Waals surface area (Å²) in [6, 6.07) is 14.6. The number of para-hydroxylation sites is 2. The van der Waals surface area contributed by atoms with Gasteiger partial charge in [-0.2, -0.15) is 0 Å². The molecule has 0 unspecified atom stereocenters. The van der Waals surface area contributed by atoms with Crippen molar-refractivity contribution in [2.24, 2.45) is 0 Å². The van der Waals surface area contributed by atoms with E-state index >= 15 is 0 Å². The summed E-state index contributed by atoms with van der Waals surface area (Å²) >= 11 is 0. The van der Waals surface area contributed by atoms with Gasteiger partial charge in [0.05, 0.1) is 11.0 Å². The van der Waals surface area contributed by atoms with Crippen LogP contribution in [0.5, 0.6) is 0 Å². The molecule has 1 aromatic heterocycles. The number of nitrogens with zero attached hydrogens (tertiary/aromatic N) is 2. The highest BCUT2D eigenvalue weighted by Gasteiger charge is 2.12. The highest BCUT2D eigenvalue weighted by atomic mass is 15.1. The Balaban J connectivity index is 2.02. The third-order valence-corrected chi connectivity index (χ3v) is 4.43. The number of anilines is 1. The fraction of sp³-hybridized carbons (Fsp3) is 0.350. The quantitative estimate of drug-likeness (QED) is 0.504. The SMILES string of the molecule is CCCCCCn1c(-c2ccc(C)c(N)c2)nc2ccccc21. The zero-order valence-corrected chi connectivity index (χ0v) is 14.0. The molecule has 3 rings (SSSR count). The van der Waals surface area contributed by atoms with Crippen molar-refractivity contribution in [2.45, 2.75) is 46.1 Å². The Labute approximate surface area is 138 Å². The molecule has 0 aliphatic carbocycles. The number of fused-ring (bicyclic) bond motifs is 1. The first kappa shape index (κ1) is 15.6. The second kappa shape index (κ2) is 6.86. The average molecular weight is 307 g/mol. The van der Waals surface area contributed by atoms with E-state index in [1.165, 1.54) is 31.2 Å². The summed E-state index contributed by atoms with van der Waals surface area (Å²) in [5, 5.41) is 0. The zero-order chi connectivity index (χ0) is 16.2. The van der Waals surface area contributed by atoms with Gasteiger partial charge < -0.3 is 10.3 Å². The summed E-state index contributed by atoms with van der Waals surface area (Å²) in [6.07, 6.45) is 4.99. The van der Waals surface area contributed by atoms with Crippen LogP contribution in [-0.2, 0) is 6.54 Å². The van der Waals surface area contributed by atoms with Gasteiger partial charge in [0.2, 0.25) is 0 Å². The van der Waals surface area contributed by atoms with Crippen LogP contribution in [0.2, 0.25) is 0 Å². The van der Waals surface area contributed by atoms with Gasteiger partial charge >= 0.3 is 0 Å². The van der Waals surface area contributed by atoms with E-state index in [4.69, 9.17) is 10.7 Å². The topological polar surface area (TPSA) is 43.8 Å². The lowest BCUT2D eigenvalue weighted by molar-refractivity contribution is 0.594. The Morgan fingerprint density at radius 3 is 2.65 bits per heavy atom. The van der Waals surface area contributed by atoms with Crippen LogP contribution in [0.15, 0.2) is 42.5 Å². The van der Waals surface area contributed by atoms with Gasteiger partial charge in [-0.05, 0) is 37.1 Å². The smallest absolute Gasteiger partial charge is 0.141 e. The standard InChI is InChI=1S/C20H25N3/c1-3-4-5-8-13-23-19-10-7-6-9-18(19)22-20(23)16-12-11-15(2)17(21)14-16/h6-7,9-12,14H,3-5,8,13,21H2,1-2H3. The maximum atomic E-state index is 6.10. The molecule has 3 nitrogen and oxygen atoms in total. The van der Waals surface area contributed by atoms with E-state index < -0.39 is 0 Å². The molecular formula is C20H25N3. The minimum absolute atomic E-state index is 0.826. The molecule has 0 bridgehead atoms. The number of aryl methyl sites for hydroxylation is 2. The number of imidazole rings is 1. The molecule has 120 valence electrons. The first-order valence-electron chi connectivity index (χ1n) is 8.52. The van der Waals surface area contributed by atoms with Crippen LogP contribution in [-0.4, -0.2) is 9.55 Å². The molecule has 1 heterocycles. The molecule has 23 heavy (non-hydrogen) atoms. The van der Waals surface area contributed by atoms with E-state index in [1.807, 2.05) is 19.1 Å². The van der Waals surface area contributed by atoms with Crippen molar-refractivity contribution in [3.8, 4) is 11.4 Å². The fourth-order valence-corrected chi connectivity index (χ4v) is 3.00. The van der Waals surface area contributed by atoms with Crippen molar-refractivity contribution in [1.29, 1.82) is 0 Å². The summed E-state index contributed by atoms with van der Waals surface area (Å²) < 4.78 is 2.34. The van der Waals surface area contributed by atoms with Gasteiger partial charge in [0.25, 0.3) is 0 Å². The monoisotopic (exact) mass is 307 g/mol. The molecular weight excluding hydrogens is 282 g/mol. The van der Waals surface area contributed by atoms with E-state index in [0.29, 0.717) is 0 Å². The molecule has 0 spiro atoms. The number of nitrogens with two attached hydrogens (primary N) is 1. The summed E-state index contributed by atoms with van der Waals surface area (Å²) in [6.45, 7) is 5.28. The summed E-state index contributed by atoms with van der Waals surface area (Å²) in [4.78, 5) is 4.86. The Bertz CT molecular complexity index is 802. The lowest BCUT2D eigenvalue weighted by Gasteiger charge is -2.10. The van der Waals surface area contributed by atoms with Crippen molar-refractivity contribution in [3.63, 3.8) is 0 Å². The van der Waals surface area contributed by atoms with Crippen molar-refractivity contribution >= 4 is 16.7 Å². The Kier molecular flexibility index (Phi) is 4.65. The predicted molar refractivity (Wildman–Crippen MR) is 98.5 cm³/mol. The molecule has 2 aromatic carbocycles. The second-order valence-electron chi connectivity index (χ2n) is 6.21. The van der Waals surface area contributed by atoms with Gasteiger partial charge in [0, 0.05) is 17.8 Å². The molecule has 0 saturated carbocycles. The van der Waals surface area contributed by atoms with Crippen LogP contribution in [0.4, 0.5) is 5.69 Å². The number of nitrogen functional groups attached to an aromatic ring is 1. The molecule has 0 aliphatic rings. The van der Waals surface area contributed by atoms with Crippen LogP contribution in [0.3, 0.4) is 0 Å². The number of benzene rings is 2. The molecule has 0 amide bonds. The Hall–Kier alpha value is -2.29.